The maximum absolute atomic E-state index is 11.8. The summed E-state index contributed by atoms with van der Waals surface area (Å²) in [6.45, 7) is -0.137. The van der Waals surface area contributed by atoms with E-state index in [0.717, 1.165) is 5.69 Å². The zero-order valence-corrected chi connectivity index (χ0v) is 8.56. The Morgan fingerprint density at radius 2 is 1.81 bits per heavy atom. The van der Waals surface area contributed by atoms with Gasteiger partial charge in [-0.2, -0.15) is 13.2 Å². The molecular formula is C10H11F3N2O. The van der Waals surface area contributed by atoms with Crippen LogP contribution in [0.15, 0.2) is 24.3 Å². The van der Waals surface area contributed by atoms with E-state index in [1.807, 2.05) is 0 Å². The van der Waals surface area contributed by atoms with Crippen molar-refractivity contribution in [2.75, 3.05) is 12.4 Å². The lowest BCUT2D eigenvalue weighted by atomic mass is 10.2. The van der Waals surface area contributed by atoms with Crippen molar-refractivity contribution in [2.24, 2.45) is 0 Å². The zero-order valence-electron chi connectivity index (χ0n) is 8.56. The Morgan fingerprint density at radius 3 is 2.25 bits per heavy atom. The lowest BCUT2D eigenvalue weighted by Crippen LogP contribution is -2.36. The van der Waals surface area contributed by atoms with Crippen molar-refractivity contribution in [3.63, 3.8) is 0 Å². The molecule has 0 atom stereocenters. The molecule has 0 radical (unpaired) electrons. The van der Waals surface area contributed by atoms with Crippen LogP contribution in [0.5, 0.6) is 0 Å². The predicted octanol–water partition coefficient (Wildman–Crippen LogP) is 1.91. The molecule has 16 heavy (non-hydrogen) atoms. The Kier molecular flexibility index (Phi) is 3.76. The summed E-state index contributed by atoms with van der Waals surface area (Å²) in [6, 6.07) is 6.72. The summed E-state index contributed by atoms with van der Waals surface area (Å²) in [5.41, 5.74) is 1.46. The van der Waals surface area contributed by atoms with Gasteiger partial charge in [0.15, 0.2) is 0 Å². The van der Waals surface area contributed by atoms with Gasteiger partial charge in [-0.05, 0) is 17.7 Å². The molecule has 1 aromatic carbocycles. The molecule has 0 fully saturated rings. The SMILES string of the molecule is CNc1ccc(CNC(=O)C(F)(F)F)cc1. The Hall–Kier alpha value is -1.72. The van der Waals surface area contributed by atoms with Gasteiger partial charge in [-0.25, -0.2) is 0 Å². The molecule has 88 valence electrons. The quantitative estimate of drug-likeness (QED) is 0.835. The van der Waals surface area contributed by atoms with E-state index in [9.17, 15) is 18.0 Å². The molecule has 0 aliphatic heterocycles. The first-order valence-electron chi connectivity index (χ1n) is 4.55. The first-order valence-corrected chi connectivity index (χ1v) is 4.55. The fourth-order valence-electron chi connectivity index (χ4n) is 1.07. The average Bonchev–Trinajstić information content (AvgIpc) is 2.25. The van der Waals surface area contributed by atoms with Crippen molar-refractivity contribution >= 4 is 11.6 Å². The number of rotatable bonds is 3. The third-order valence-corrected chi connectivity index (χ3v) is 1.95. The van der Waals surface area contributed by atoms with Gasteiger partial charge in [0.25, 0.3) is 0 Å². The molecule has 1 rings (SSSR count). The van der Waals surface area contributed by atoms with Crippen molar-refractivity contribution < 1.29 is 18.0 Å². The van der Waals surface area contributed by atoms with Crippen LogP contribution in [0, 0.1) is 0 Å². The number of nitrogens with one attached hydrogen (secondary N) is 2. The first kappa shape index (κ1) is 12.4. The second-order valence-corrected chi connectivity index (χ2v) is 3.13. The molecule has 0 aromatic heterocycles. The number of carbonyl (C=O) groups excluding carboxylic acids is 1. The number of hydrogen-bond donors (Lipinski definition) is 2. The smallest absolute Gasteiger partial charge is 0.388 e. The Labute approximate surface area is 90.6 Å². The summed E-state index contributed by atoms with van der Waals surface area (Å²) in [5, 5.41) is 4.67. The highest BCUT2D eigenvalue weighted by molar-refractivity contribution is 5.81. The molecule has 0 saturated carbocycles. The van der Waals surface area contributed by atoms with Crippen LogP contribution in [-0.4, -0.2) is 19.1 Å². The zero-order chi connectivity index (χ0) is 12.2. The van der Waals surface area contributed by atoms with Gasteiger partial charge < -0.3 is 10.6 Å². The van der Waals surface area contributed by atoms with Crippen molar-refractivity contribution in [1.29, 1.82) is 0 Å². The Morgan fingerprint density at radius 1 is 1.25 bits per heavy atom. The predicted molar refractivity (Wildman–Crippen MR) is 53.9 cm³/mol. The average molecular weight is 232 g/mol. The molecule has 0 saturated heterocycles. The molecule has 0 aliphatic rings. The molecule has 0 heterocycles. The minimum absolute atomic E-state index is 0.137. The highest BCUT2D eigenvalue weighted by Gasteiger charge is 2.38. The molecule has 6 heteroatoms. The second-order valence-electron chi connectivity index (χ2n) is 3.13. The maximum atomic E-state index is 11.8. The van der Waals surface area contributed by atoms with Gasteiger partial charge in [-0.15, -0.1) is 0 Å². The standard InChI is InChI=1S/C10H11F3N2O/c1-14-8-4-2-7(3-5-8)6-15-9(16)10(11,12)13/h2-5,14H,6H2,1H3,(H,15,16). The number of carbonyl (C=O) groups is 1. The van der Waals surface area contributed by atoms with E-state index in [-0.39, 0.29) is 6.54 Å². The largest absolute Gasteiger partial charge is 0.471 e. The van der Waals surface area contributed by atoms with Crippen LogP contribution in [-0.2, 0) is 11.3 Å². The summed E-state index contributed by atoms with van der Waals surface area (Å²) in [7, 11) is 1.74. The second kappa shape index (κ2) is 4.87. The van der Waals surface area contributed by atoms with Crippen molar-refractivity contribution in [3.05, 3.63) is 29.8 Å². The van der Waals surface area contributed by atoms with Crippen LogP contribution in [0.25, 0.3) is 0 Å². The number of amides is 1. The van der Waals surface area contributed by atoms with Crippen LogP contribution in [0.4, 0.5) is 18.9 Å². The minimum Gasteiger partial charge on any atom is -0.388 e. The fourth-order valence-corrected chi connectivity index (χ4v) is 1.07. The van der Waals surface area contributed by atoms with E-state index >= 15 is 0 Å². The van der Waals surface area contributed by atoms with E-state index < -0.39 is 12.1 Å². The van der Waals surface area contributed by atoms with Gasteiger partial charge >= 0.3 is 12.1 Å². The number of benzene rings is 1. The Balaban J connectivity index is 2.52. The molecule has 0 spiro atoms. The normalized spacial score (nSPS) is 11.0. The fraction of sp³-hybridized carbons (Fsp3) is 0.300. The van der Waals surface area contributed by atoms with Crippen LogP contribution >= 0.6 is 0 Å². The summed E-state index contributed by atoms with van der Waals surface area (Å²) >= 11 is 0. The molecule has 1 amide bonds. The van der Waals surface area contributed by atoms with Gasteiger partial charge in [-0.3, -0.25) is 4.79 Å². The van der Waals surface area contributed by atoms with Crippen LogP contribution in [0.2, 0.25) is 0 Å². The molecule has 0 bridgehead atoms. The summed E-state index contributed by atoms with van der Waals surface area (Å²) in [6.07, 6.45) is -4.83. The van der Waals surface area contributed by atoms with Crippen molar-refractivity contribution in [2.45, 2.75) is 12.7 Å². The summed E-state index contributed by atoms with van der Waals surface area (Å²) < 4.78 is 35.5. The highest BCUT2D eigenvalue weighted by Crippen LogP contribution is 2.15. The summed E-state index contributed by atoms with van der Waals surface area (Å²) in [5.74, 6) is -1.93. The maximum Gasteiger partial charge on any atom is 0.471 e. The molecule has 0 unspecified atom stereocenters. The van der Waals surface area contributed by atoms with Gasteiger partial charge in [-0.1, -0.05) is 12.1 Å². The first-order chi connectivity index (χ1) is 7.43. The van der Waals surface area contributed by atoms with Crippen LogP contribution < -0.4 is 10.6 Å². The van der Waals surface area contributed by atoms with E-state index in [4.69, 9.17) is 0 Å². The molecular weight excluding hydrogens is 221 g/mol. The van der Waals surface area contributed by atoms with E-state index in [0.29, 0.717) is 5.56 Å². The number of anilines is 1. The van der Waals surface area contributed by atoms with E-state index in [1.54, 1.807) is 36.6 Å². The van der Waals surface area contributed by atoms with E-state index in [2.05, 4.69) is 5.32 Å². The molecule has 2 N–H and O–H groups in total. The number of halogens is 3. The van der Waals surface area contributed by atoms with Gasteiger partial charge in [0, 0.05) is 19.3 Å². The number of hydrogen-bond acceptors (Lipinski definition) is 2. The third kappa shape index (κ3) is 3.45. The third-order valence-electron chi connectivity index (χ3n) is 1.95. The molecule has 1 aromatic rings. The lowest BCUT2D eigenvalue weighted by Gasteiger charge is -2.08. The number of alkyl halides is 3. The van der Waals surface area contributed by atoms with E-state index in [1.165, 1.54) is 0 Å². The molecule has 0 aliphatic carbocycles. The topological polar surface area (TPSA) is 41.1 Å². The van der Waals surface area contributed by atoms with Gasteiger partial charge in [0.2, 0.25) is 0 Å². The van der Waals surface area contributed by atoms with Gasteiger partial charge in [0.1, 0.15) is 0 Å². The van der Waals surface area contributed by atoms with Gasteiger partial charge in [0.05, 0.1) is 0 Å². The van der Waals surface area contributed by atoms with Crippen molar-refractivity contribution in [1.82, 2.24) is 5.32 Å². The monoisotopic (exact) mass is 232 g/mol. The Bertz CT molecular complexity index is 359. The molecule has 3 nitrogen and oxygen atoms in total. The lowest BCUT2D eigenvalue weighted by molar-refractivity contribution is -0.173. The minimum atomic E-state index is -4.83. The highest BCUT2D eigenvalue weighted by atomic mass is 19.4. The van der Waals surface area contributed by atoms with Crippen LogP contribution in [0.1, 0.15) is 5.56 Å². The summed E-state index contributed by atoms with van der Waals surface area (Å²) in [4.78, 5) is 10.5. The van der Waals surface area contributed by atoms with Crippen molar-refractivity contribution in [3.8, 4) is 0 Å². The van der Waals surface area contributed by atoms with Crippen LogP contribution in [0.3, 0.4) is 0 Å².